The lowest BCUT2D eigenvalue weighted by Crippen LogP contribution is -2.43. The Morgan fingerprint density at radius 3 is 2.56 bits per heavy atom. The van der Waals surface area contributed by atoms with Gasteiger partial charge in [-0.3, -0.25) is 0 Å². The van der Waals surface area contributed by atoms with Crippen molar-refractivity contribution >= 4 is 6.09 Å². The van der Waals surface area contributed by atoms with E-state index in [2.05, 4.69) is 6.92 Å². The maximum Gasteiger partial charge on any atom is 0.410 e. The largest absolute Gasteiger partial charge is 0.444 e. The second-order valence-electron chi connectivity index (χ2n) is 5.38. The maximum absolute atomic E-state index is 11.9. The number of amides is 1. The summed E-state index contributed by atoms with van der Waals surface area (Å²) in [5.74, 6) is 0.400. The minimum Gasteiger partial charge on any atom is -0.444 e. The molecule has 0 unspecified atom stereocenters. The molecule has 0 aliphatic carbocycles. The van der Waals surface area contributed by atoms with E-state index >= 15 is 0 Å². The highest BCUT2D eigenvalue weighted by Gasteiger charge is 2.37. The highest BCUT2D eigenvalue weighted by Crippen LogP contribution is 2.28. The molecule has 0 aromatic heterocycles. The summed E-state index contributed by atoms with van der Waals surface area (Å²) in [5, 5.41) is 9.34. The van der Waals surface area contributed by atoms with Gasteiger partial charge < -0.3 is 14.7 Å². The number of aliphatic hydroxyl groups excluding tert-OH is 1. The quantitative estimate of drug-likeness (QED) is 0.788. The molecule has 2 atom stereocenters. The number of aliphatic hydroxyl groups is 1. The molecule has 0 saturated carbocycles. The highest BCUT2D eigenvalue weighted by molar-refractivity contribution is 5.69. The van der Waals surface area contributed by atoms with Gasteiger partial charge in [0.25, 0.3) is 0 Å². The zero-order valence-corrected chi connectivity index (χ0v) is 10.7. The fraction of sp³-hybridized carbons (Fsp3) is 0.917. The summed E-state index contributed by atoms with van der Waals surface area (Å²) < 4.78 is 5.32. The maximum atomic E-state index is 11.9. The minimum absolute atomic E-state index is 0.0255. The van der Waals surface area contributed by atoms with Gasteiger partial charge >= 0.3 is 6.09 Å². The predicted molar refractivity (Wildman–Crippen MR) is 62.2 cm³/mol. The van der Waals surface area contributed by atoms with Crippen LogP contribution in [0.1, 0.15) is 40.5 Å². The number of hydrogen-bond acceptors (Lipinski definition) is 3. The molecule has 1 aliphatic heterocycles. The van der Waals surface area contributed by atoms with Crippen LogP contribution in [-0.2, 0) is 4.74 Å². The number of carbonyl (C=O) groups is 1. The molecule has 4 heteroatoms. The summed E-state index contributed by atoms with van der Waals surface area (Å²) in [4.78, 5) is 13.6. The van der Waals surface area contributed by atoms with Crippen molar-refractivity contribution in [2.75, 3.05) is 13.2 Å². The van der Waals surface area contributed by atoms with Crippen molar-refractivity contribution in [3.63, 3.8) is 0 Å². The summed E-state index contributed by atoms with van der Waals surface area (Å²) in [6.45, 7) is 8.37. The van der Waals surface area contributed by atoms with E-state index in [0.29, 0.717) is 12.5 Å². The number of ether oxygens (including phenoxy) is 1. The van der Waals surface area contributed by atoms with Crippen molar-refractivity contribution in [1.29, 1.82) is 0 Å². The Hall–Kier alpha value is -0.770. The molecule has 16 heavy (non-hydrogen) atoms. The second-order valence-corrected chi connectivity index (χ2v) is 5.38. The van der Waals surface area contributed by atoms with Gasteiger partial charge in [0.05, 0.1) is 12.6 Å². The lowest BCUT2D eigenvalue weighted by molar-refractivity contribution is 0.0145. The first-order valence-electron chi connectivity index (χ1n) is 5.99. The van der Waals surface area contributed by atoms with Crippen molar-refractivity contribution < 1.29 is 14.6 Å². The molecule has 0 aromatic carbocycles. The zero-order chi connectivity index (χ0) is 12.3. The van der Waals surface area contributed by atoms with E-state index in [-0.39, 0.29) is 18.7 Å². The van der Waals surface area contributed by atoms with Crippen LogP contribution in [-0.4, -0.2) is 40.9 Å². The first-order chi connectivity index (χ1) is 7.39. The zero-order valence-electron chi connectivity index (χ0n) is 10.7. The van der Waals surface area contributed by atoms with E-state index in [1.807, 2.05) is 20.8 Å². The smallest absolute Gasteiger partial charge is 0.410 e. The molecule has 0 spiro atoms. The topological polar surface area (TPSA) is 49.8 Å². The van der Waals surface area contributed by atoms with E-state index in [1.54, 1.807) is 4.90 Å². The van der Waals surface area contributed by atoms with Crippen molar-refractivity contribution in [3.05, 3.63) is 0 Å². The Bertz CT molecular complexity index is 247. The molecule has 1 saturated heterocycles. The first kappa shape index (κ1) is 13.3. The molecule has 1 aliphatic rings. The average molecular weight is 229 g/mol. The number of likely N-dealkylation sites (tertiary alicyclic amines) is 1. The van der Waals surface area contributed by atoms with E-state index in [4.69, 9.17) is 4.74 Å². The second kappa shape index (κ2) is 5.04. The third kappa shape index (κ3) is 3.11. The SMILES string of the molecule is CC[C@@H]1CCN(C(=O)OC(C)(C)C)[C@H]1CO. The predicted octanol–water partition coefficient (Wildman–Crippen LogP) is 2.01. The molecule has 1 amide bonds. The van der Waals surface area contributed by atoms with E-state index in [9.17, 15) is 9.90 Å². The number of rotatable bonds is 2. The third-order valence-corrected chi connectivity index (χ3v) is 3.02. The monoisotopic (exact) mass is 229 g/mol. The van der Waals surface area contributed by atoms with Crippen molar-refractivity contribution in [1.82, 2.24) is 4.90 Å². The minimum atomic E-state index is -0.471. The van der Waals surface area contributed by atoms with Crippen LogP contribution in [0, 0.1) is 5.92 Å². The average Bonchev–Trinajstić information content (AvgIpc) is 2.57. The summed E-state index contributed by atoms with van der Waals surface area (Å²) in [7, 11) is 0. The molecule has 0 radical (unpaired) electrons. The normalized spacial score (nSPS) is 25.9. The van der Waals surface area contributed by atoms with Gasteiger partial charge in [0, 0.05) is 6.54 Å². The van der Waals surface area contributed by atoms with Gasteiger partial charge in [0.2, 0.25) is 0 Å². The summed E-state index contributed by atoms with van der Waals surface area (Å²) in [6, 6.07) is -0.0696. The van der Waals surface area contributed by atoms with E-state index in [0.717, 1.165) is 12.8 Å². The Morgan fingerprint density at radius 2 is 2.12 bits per heavy atom. The van der Waals surface area contributed by atoms with E-state index in [1.165, 1.54) is 0 Å². The van der Waals surface area contributed by atoms with Gasteiger partial charge in [-0.2, -0.15) is 0 Å². The lowest BCUT2D eigenvalue weighted by atomic mass is 9.98. The van der Waals surface area contributed by atoms with Gasteiger partial charge in [-0.1, -0.05) is 13.3 Å². The molecular formula is C12H23NO3. The number of hydrogen-bond donors (Lipinski definition) is 1. The molecule has 1 N–H and O–H groups in total. The Labute approximate surface area is 97.6 Å². The number of carbonyl (C=O) groups excluding carboxylic acids is 1. The standard InChI is InChI=1S/C12H23NO3/c1-5-9-6-7-13(10(9)8-14)11(15)16-12(2,3)4/h9-10,14H,5-8H2,1-4H3/t9-,10+/m1/s1. The van der Waals surface area contributed by atoms with Crippen LogP contribution in [0.3, 0.4) is 0 Å². The molecule has 1 heterocycles. The highest BCUT2D eigenvalue weighted by atomic mass is 16.6. The van der Waals surface area contributed by atoms with Crippen LogP contribution in [0.5, 0.6) is 0 Å². The Kier molecular flexibility index (Phi) is 4.19. The van der Waals surface area contributed by atoms with Crippen molar-refractivity contribution in [2.24, 2.45) is 5.92 Å². The fourth-order valence-electron chi connectivity index (χ4n) is 2.19. The molecule has 1 rings (SSSR count). The Morgan fingerprint density at radius 1 is 1.50 bits per heavy atom. The fourth-order valence-corrected chi connectivity index (χ4v) is 2.19. The number of nitrogens with zero attached hydrogens (tertiary/aromatic N) is 1. The van der Waals surface area contributed by atoms with Crippen LogP contribution >= 0.6 is 0 Å². The molecule has 94 valence electrons. The van der Waals surface area contributed by atoms with Gasteiger partial charge in [-0.25, -0.2) is 4.79 Å². The Balaban J connectivity index is 2.63. The van der Waals surface area contributed by atoms with Crippen LogP contribution in [0.2, 0.25) is 0 Å². The van der Waals surface area contributed by atoms with Gasteiger partial charge in [0.1, 0.15) is 5.60 Å². The summed E-state index contributed by atoms with van der Waals surface area (Å²) in [6.07, 6.45) is 1.65. The lowest BCUT2D eigenvalue weighted by Gasteiger charge is -2.29. The molecule has 0 bridgehead atoms. The van der Waals surface area contributed by atoms with Crippen LogP contribution in [0.15, 0.2) is 0 Å². The van der Waals surface area contributed by atoms with Crippen molar-refractivity contribution in [3.8, 4) is 0 Å². The molecule has 1 fully saturated rings. The third-order valence-electron chi connectivity index (χ3n) is 3.02. The van der Waals surface area contributed by atoms with Crippen molar-refractivity contribution in [2.45, 2.75) is 52.2 Å². The van der Waals surface area contributed by atoms with Crippen LogP contribution in [0.4, 0.5) is 4.79 Å². The first-order valence-corrected chi connectivity index (χ1v) is 5.99. The van der Waals surface area contributed by atoms with Crippen LogP contribution in [0.25, 0.3) is 0 Å². The summed E-state index contributed by atoms with van der Waals surface area (Å²) in [5.41, 5.74) is -0.471. The van der Waals surface area contributed by atoms with E-state index < -0.39 is 5.60 Å². The van der Waals surface area contributed by atoms with Gasteiger partial charge in [-0.15, -0.1) is 0 Å². The summed E-state index contributed by atoms with van der Waals surface area (Å²) >= 11 is 0. The van der Waals surface area contributed by atoms with Gasteiger partial charge in [0.15, 0.2) is 0 Å². The molecular weight excluding hydrogens is 206 g/mol. The molecule has 4 nitrogen and oxygen atoms in total. The molecule has 0 aromatic rings. The van der Waals surface area contributed by atoms with Crippen LogP contribution < -0.4 is 0 Å². The van der Waals surface area contributed by atoms with Gasteiger partial charge in [-0.05, 0) is 33.1 Å².